The minimum absolute atomic E-state index is 0.0452. The molecule has 8 heteroatoms. The molecule has 0 unspecified atom stereocenters. The van der Waals surface area contributed by atoms with Crippen molar-refractivity contribution >= 4 is 31.8 Å². The molecule has 0 spiro atoms. The molecule has 0 aromatic heterocycles. The van der Waals surface area contributed by atoms with Gasteiger partial charge >= 0.3 is 40.6 Å². The molecule has 0 rings (SSSR count). The van der Waals surface area contributed by atoms with E-state index < -0.39 is 17.7 Å². The van der Waals surface area contributed by atoms with Gasteiger partial charge in [-0.05, 0) is 20.8 Å². The third kappa shape index (κ3) is 12.8. The Labute approximate surface area is 135 Å². The van der Waals surface area contributed by atoms with Gasteiger partial charge in [0.15, 0.2) is 0 Å². The molecule has 1 N–H and O–H groups in total. The normalized spacial score (nSPS) is 11.8. The second-order valence-electron chi connectivity index (χ2n) is 4.62. The maximum absolute atomic E-state index is 11.4. The molecule has 0 aliphatic heterocycles. The van der Waals surface area contributed by atoms with Gasteiger partial charge < -0.3 is 17.0 Å². The molecule has 108 valence electrons. The summed E-state index contributed by atoms with van der Waals surface area (Å²) in [6.45, 7) is 8.93. The Morgan fingerprint density at radius 1 is 1.42 bits per heavy atom. The Morgan fingerprint density at radius 3 is 2.26 bits per heavy atom. The van der Waals surface area contributed by atoms with Crippen molar-refractivity contribution in [3.63, 3.8) is 0 Å². The molecule has 0 bridgehead atoms. The number of halogens is 1. The van der Waals surface area contributed by atoms with Crippen LogP contribution in [-0.4, -0.2) is 42.9 Å². The number of amides is 2. The minimum atomic E-state index is -0.592. The first-order valence-corrected chi connectivity index (χ1v) is 14.6. The molecule has 19 heavy (non-hydrogen) atoms. The topological polar surface area (TPSA) is 67.9 Å². The van der Waals surface area contributed by atoms with Crippen LogP contribution in [0.3, 0.4) is 0 Å². The van der Waals surface area contributed by atoms with Crippen LogP contribution in [0.4, 0.5) is 4.79 Å². The molecule has 0 radical (unpaired) electrons. The van der Waals surface area contributed by atoms with Gasteiger partial charge in [0.1, 0.15) is 5.60 Å². The Morgan fingerprint density at radius 2 is 1.89 bits per heavy atom. The number of hydroxylamine groups is 2. The van der Waals surface area contributed by atoms with Crippen LogP contribution in [0.2, 0.25) is 0 Å². The Bertz CT molecular complexity index is 284. The Kier molecular flexibility index (Phi) is 12.1. The van der Waals surface area contributed by atoms with Gasteiger partial charge in [0, 0.05) is 13.5 Å². The summed E-state index contributed by atoms with van der Waals surface area (Å²) in [7, 11) is 2.87. The van der Waals surface area contributed by atoms with Gasteiger partial charge in [0.25, 0.3) is 0 Å². The van der Waals surface area contributed by atoms with E-state index in [0.29, 0.717) is 0 Å². The third-order valence-electron chi connectivity index (χ3n) is 1.77. The number of carbonyl (C=O) groups excluding carboxylic acids is 2. The van der Waals surface area contributed by atoms with Crippen molar-refractivity contribution in [3.8, 4) is 0 Å². The number of carbonyl (C=O) groups is 2. The van der Waals surface area contributed by atoms with E-state index in [1.807, 2.05) is 0 Å². The van der Waals surface area contributed by atoms with Gasteiger partial charge in [-0.1, -0.05) is 6.04 Å². The zero-order valence-corrected chi connectivity index (χ0v) is 17.3. The molecule has 2 amide bonds. The monoisotopic (exact) mass is 436 g/mol. The van der Waals surface area contributed by atoms with Crippen LogP contribution in [-0.2, 0) is 29.2 Å². The number of rotatable bonds is 4. The van der Waals surface area contributed by atoms with Crippen LogP contribution in [0.25, 0.3) is 0 Å². The third-order valence-corrected chi connectivity index (χ3v) is 1.77. The van der Waals surface area contributed by atoms with Crippen LogP contribution in [0.1, 0.15) is 27.2 Å². The summed E-state index contributed by atoms with van der Waals surface area (Å²) in [5, 5.41) is 3.55. The van der Waals surface area contributed by atoms with Crippen LogP contribution in [0.15, 0.2) is 0 Å². The summed E-state index contributed by atoms with van der Waals surface area (Å²) in [6.07, 6.45) is -0.547. The predicted octanol–water partition coefficient (Wildman–Crippen LogP) is 2.01. The van der Waals surface area contributed by atoms with Gasteiger partial charge in [-0.15, -0.1) is 0 Å². The van der Waals surface area contributed by atoms with Crippen LogP contribution in [0.5, 0.6) is 0 Å². The number of nitrogens with zero attached hydrogens (tertiary/aromatic N) is 1. The fraction of sp³-hybridized carbons (Fsp3) is 0.727. The zero-order valence-electron chi connectivity index (χ0n) is 12.2. The summed E-state index contributed by atoms with van der Waals surface area (Å²) >= 11 is 3.62. The summed E-state index contributed by atoms with van der Waals surface area (Å²) in [4.78, 5) is 27.5. The van der Waals surface area contributed by atoms with Crippen molar-refractivity contribution < 1.29 is 34.0 Å². The molecule has 0 fully saturated rings. The van der Waals surface area contributed by atoms with Gasteiger partial charge in [0.2, 0.25) is 5.91 Å². The summed E-state index contributed by atoms with van der Waals surface area (Å²) < 4.78 is 5.03. The first-order chi connectivity index (χ1) is 8.65. The molecule has 0 heterocycles. The van der Waals surface area contributed by atoms with Crippen molar-refractivity contribution in [2.45, 2.75) is 38.8 Å². The molecule has 0 aliphatic rings. The van der Waals surface area contributed by atoms with Crippen LogP contribution in [0, 0.1) is 6.92 Å². The fourth-order valence-electron chi connectivity index (χ4n) is 0.966. The maximum atomic E-state index is 11.4. The summed E-state index contributed by atoms with van der Waals surface area (Å²) in [6, 6.07) is -0.560. The molecule has 0 aromatic carbocycles. The van der Waals surface area contributed by atoms with E-state index in [4.69, 9.17) is 9.57 Å². The van der Waals surface area contributed by atoms with E-state index in [9.17, 15) is 9.59 Å². The average Bonchev–Trinajstić information content (AvgIpc) is 2.27. The quantitative estimate of drug-likeness (QED) is 0.316. The molecule has 0 aliphatic carbocycles. The number of hydrogen-bond donors (Lipinski definition) is 1. The molecule has 6 nitrogen and oxygen atoms in total. The summed E-state index contributed by atoms with van der Waals surface area (Å²) in [5.74, 6) is -0.274. The number of ether oxygens (including phenoxy) is 1. The molecule has 0 saturated carbocycles. The number of alkyl carbamates (subject to hydrolysis) is 1. The van der Waals surface area contributed by atoms with E-state index in [2.05, 4.69) is 32.0 Å². The van der Waals surface area contributed by atoms with E-state index >= 15 is 0 Å². The summed E-state index contributed by atoms with van der Waals surface area (Å²) in [5.41, 5.74) is -0.572. The van der Waals surface area contributed by atoms with Gasteiger partial charge in [-0.2, -0.15) is 0 Å². The Hall–Kier alpha value is 0.0534. The molecule has 0 aromatic rings. The predicted molar refractivity (Wildman–Crippen MR) is 76.9 cm³/mol. The van der Waals surface area contributed by atoms with Crippen LogP contribution < -0.4 is 5.32 Å². The zero-order chi connectivity index (χ0) is 15.6. The van der Waals surface area contributed by atoms with Crippen molar-refractivity contribution in [2.75, 3.05) is 14.2 Å². The van der Waals surface area contributed by atoms with Crippen LogP contribution >= 0.6 is 19.8 Å². The first kappa shape index (κ1) is 21.4. The average molecular weight is 438 g/mol. The van der Waals surface area contributed by atoms with Gasteiger partial charge in [0.05, 0.1) is 7.11 Å². The van der Waals surface area contributed by atoms with Crippen molar-refractivity contribution in [3.05, 3.63) is 6.92 Å². The second kappa shape index (κ2) is 10.8. The number of hydrogen-bond acceptors (Lipinski definition) is 4. The fourth-order valence-corrected chi connectivity index (χ4v) is 0.966. The number of nitrogens with one attached hydrogen (secondary N) is 1. The van der Waals surface area contributed by atoms with Gasteiger partial charge in [-0.25, -0.2) is 9.86 Å². The molecular formula is C11H21IN2O4Zn. The first-order valence-electron chi connectivity index (χ1n) is 5.55. The van der Waals surface area contributed by atoms with E-state index in [0.717, 1.165) is 5.06 Å². The van der Waals surface area contributed by atoms with E-state index in [1.54, 1.807) is 20.8 Å². The molecule has 0 saturated heterocycles. The molecule has 1 atom stereocenters. The van der Waals surface area contributed by atoms with Crippen molar-refractivity contribution in [1.29, 1.82) is 0 Å². The van der Waals surface area contributed by atoms with E-state index in [-0.39, 0.29) is 12.3 Å². The van der Waals surface area contributed by atoms with Gasteiger partial charge in [-0.3, -0.25) is 9.63 Å². The molecular weight excluding hydrogens is 416 g/mol. The SMILES string of the molecule is [CH2-][C@H](CC(=O)N(C)OC)NC(=O)OC(C)(C)C.[Zn+][I]. The van der Waals surface area contributed by atoms with E-state index in [1.165, 1.54) is 28.9 Å². The standard InChI is InChI=1S/C11H21N2O4.HI.Zn/c1-8(7-9(14)13(5)16-6)12-10(15)17-11(2,3)4;;/h8H,1,7H2,2-6H3,(H,12,15);1H;/q-1;;+2/p-1/t8-;;/m1../s1. The van der Waals surface area contributed by atoms with Crippen molar-refractivity contribution in [1.82, 2.24) is 10.4 Å². The second-order valence-corrected chi connectivity index (χ2v) is 4.62. The Balaban J connectivity index is 0. The van der Waals surface area contributed by atoms with Crippen molar-refractivity contribution in [2.24, 2.45) is 0 Å².